The number of carboxylic acid groups (broad SMARTS) is 1. The molecular formula is C99H88F2N8O3OsPt3Rh-5. The number of pyridine rings is 4. The topological polar surface area (TPSA) is 163 Å². The number of benzene rings is 7. The van der Waals surface area contributed by atoms with Crippen LogP contribution in [0.4, 0.5) is 8.78 Å². The van der Waals surface area contributed by atoms with Gasteiger partial charge >= 0.3 is 46.8 Å². The average Bonchev–Trinajstić information content (AvgIpc) is 1.61. The predicted octanol–water partition coefficient (Wildman–Crippen LogP) is 23.6. The van der Waals surface area contributed by atoms with Crippen molar-refractivity contribution in [2.45, 2.75) is 107 Å². The Labute approximate surface area is 756 Å². The van der Waals surface area contributed by atoms with Crippen LogP contribution >= 0.6 is 0 Å². The molecule has 2 N–H and O–H groups in total. The fraction of sp³-hybridized carbons (Fsp3) is 0.162. The van der Waals surface area contributed by atoms with Crippen molar-refractivity contribution in [1.82, 2.24) is 39.9 Å². The number of halogens is 2. The largest absolute Gasteiger partial charge is 2.00 e. The molecule has 11 nitrogen and oxygen atoms in total. The van der Waals surface area contributed by atoms with Gasteiger partial charge in [-0.15, -0.1) is 124 Å². The van der Waals surface area contributed by atoms with E-state index in [4.69, 9.17) is 30.1 Å². The van der Waals surface area contributed by atoms with Crippen molar-refractivity contribution in [1.29, 1.82) is 0 Å². The summed E-state index contributed by atoms with van der Waals surface area (Å²) in [7, 11) is 0. The minimum absolute atomic E-state index is 0. The zero-order valence-corrected chi connectivity index (χ0v) is 77.0. The first kappa shape index (κ1) is 97.8. The molecule has 2 radical (unpaired) electrons. The monoisotopic (exact) mass is 2350 g/mol. The molecule has 8 bridgehead atoms. The number of rotatable bonds is 14. The molecule has 18 heteroatoms. The molecule has 0 unspecified atom stereocenters. The second kappa shape index (κ2) is 51.4. The van der Waals surface area contributed by atoms with E-state index < -0.39 is 17.6 Å². The Morgan fingerprint density at radius 1 is 0.402 bits per heavy atom. The number of phenolic OH excluding ortho intramolecular Hbond substituents is 1. The van der Waals surface area contributed by atoms with Crippen LogP contribution in [0.1, 0.15) is 136 Å². The van der Waals surface area contributed by atoms with Crippen LogP contribution in [-0.2, 0) is 135 Å². The van der Waals surface area contributed by atoms with Gasteiger partial charge in [0.05, 0.1) is 22.8 Å². The van der Waals surface area contributed by atoms with Gasteiger partial charge in [-0.1, -0.05) is 168 Å². The van der Waals surface area contributed by atoms with Crippen molar-refractivity contribution >= 4 is 50.8 Å². The maximum atomic E-state index is 13.2. The van der Waals surface area contributed by atoms with Crippen molar-refractivity contribution in [2.24, 2.45) is 0 Å². The molecule has 7 aromatic heterocycles. The first-order valence-corrected chi connectivity index (χ1v) is 37.8. The van der Waals surface area contributed by atoms with Gasteiger partial charge in [0.15, 0.2) is 0 Å². The third-order valence-corrected chi connectivity index (χ3v) is 18.3. The molecule has 7 aromatic carbocycles. The number of carbonyl (C=O) groups is 1. The summed E-state index contributed by atoms with van der Waals surface area (Å²) in [5.41, 5.74) is 28.1. The zero-order valence-electron chi connectivity index (χ0n) is 66.0. The molecule has 2 aliphatic heterocycles. The first-order chi connectivity index (χ1) is 54.8. The SMILES string of the molecule is CCC1=Cc2nc1cc1[n-]c(cc3nc(cc4[n-]c(c2CC)c(CC)c4CC)C(CC)=C3CC)c(CC)c1CC.Fc1c[c-]c(-c2ccccn2)c(F)c1.O=C(O)c1ccccn1.Oc1ccccc1.[Os+].[Pt+2].[Pt].[Pt].[Rh].[c-]1ccccc1-c1[c-]c(-c2[c-]cccc2)ccc1.[c-]1ccccc1-c1ccccn1.[c-]1ccccc1-c1ccccn1. The number of para-hydroxylation sites is 1. The third kappa shape index (κ3) is 27.4. The summed E-state index contributed by atoms with van der Waals surface area (Å²) in [6, 6.07) is 95.3. The molecule has 0 saturated carbocycles. The fourth-order valence-corrected chi connectivity index (χ4v) is 12.9. The number of hydrogen-bond acceptors (Lipinski definition) is 8. The molecule has 14 aromatic rings. The molecule has 0 atom stereocenters. The van der Waals surface area contributed by atoms with Gasteiger partial charge < -0.3 is 35.1 Å². The van der Waals surface area contributed by atoms with Crippen molar-refractivity contribution in [3.05, 3.63) is 378 Å². The molecule has 2 aliphatic rings. The molecule has 0 spiro atoms. The first-order valence-electron chi connectivity index (χ1n) is 37.8. The second-order valence-corrected chi connectivity index (χ2v) is 25.4. The number of allylic oxidation sites excluding steroid dienone is 3. The van der Waals surface area contributed by atoms with E-state index >= 15 is 0 Å². The van der Waals surface area contributed by atoms with Crippen LogP contribution in [0, 0.1) is 48.0 Å². The van der Waals surface area contributed by atoms with Crippen molar-refractivity contribution in [2.75, 3.05) is 0 Å². The quantitative estimate of drug-likeness (QED) is 0.0787. The summed E-state index contributed by atoms with van der Waals surface area (Å²) in [6.45, 7) is 17.9. The number of carboxylic acids is 1. The minimum Gasteiger partial charge on any atom is -0.657 e. The summed E-state index contributed by atoms with van der Waals surface area (Å²) in [5, 5.41) is 17.0. The maximum Gasteiger partial charge on any atom is 2.00 e. The van der Waals surface area contributed by atoms with Gasteiger partial charge in [0.2, 0.25) is 0 Å². The van der Waals surface area contributed by atoms with E-state index in [0.29, 0.717) is 11.4 Å². The predicted molar refractivity (Wildman–Crippen MR) is 450 cm³/mol. The van der Waals surface area contributed by atoms with E-state index in [-0.39, 0.29) is 114 Å². The number of aromatic hydroxyl groups is 1. The molecular weight excluding hydrogens is 2270 g/mol. The van der Waals surface area contributed by atoms with Gasteiger partial charge in [-0.05, 0) is 139 Å². The molecule has 117 heavy (non-hydrogen) atoms. The third-order valence-electron chi connectivity index (χ3n) is 18.3. The smallest absolute Gasteiger partial charge is 0.657 e. The van der Waals surface area contributed by atoms with Gasteiger partial charge in [-0.25, -0.2) is 48.1 Å². The Hall–Kier alpha value is -9.81. The van der Waals surface area contributed by atoms with Crippen LogP contribution in [0.15, 0.2) is 274 Å². The van der Waals surface area contributed by atoms with Gasteiger partial charge in [0.1, 0.15) is 11.4 Å². The number of phenols is 1. The number of nitrogens with zero attached hydrogens (tertiary/aromatic N) is 8. The van der Waals surface area contributed by atoms with Crippen LogP contribution in [0.3, 0.4) is 0 Å². The Bertz CT molecular complexity index is 5370. The van der Waals surface area contributed by atoms with Crippen molar-refractivity contribution in [3.8, 4) is 61.8 Å². The molecule has 0 saturated heterocycles. The van der Waals surface area contributed by atoms with Crippen molar-refractivity contribution < 1.29 is 126 Å². The number of hydrogen-bond donors (Lipinski definition) is 2. The molecule has 0 amide bonds. The number of aromatic carboxylic acids is 1. The number of fused-ring (bicyclic) bond motifs is 8. The Kier molecular flexibility index (Phi) is 43.0. The van der Waals surface area contributed by atoms with Gasteiger partial charge in [-0.3, -0.25) is 8.78 Å². The van der Waals surface area contributed by atoms with E-state index in [0.717, 1.165) is 153 Å². The van der Waals surface area contributed by atoms with Crippen LogP contribution in [0.2, 0.25) is 0 Å². The summed E-state index contributed by atoms with van der Waals surface area (Å²) >= 11 is 0. The van der Waals surface area contributed by atoms with Crippen LogP contribution in [0.25, 0.3) is 101 Å². The van der Waals surface area contributed by atoms with E-state index in [9.17, 15) is 13.6 Å². The minimum atomic E-state index is -0.990. The maximum absolute atomic E-state index is 13.2. The molecule has 0 fully saturated rings. The van der Waals surface area contributed by atoms with Gasteiger partial charge in [-0.2, -0.15) is 60.7 Å². The Balaban J connectivity index is 0.000000265. The van der Waals surface area contributed by atoms with E-state index in [1.807, 2.05) is 146 Å². The number of aromatic nitrogens is 8. The standard InChI is InChI=1S/C36H44N4.C18H11.C11H6F2N.2C11H8N.C6H5NO2.C6H6O.Os.3Pt.Rh/c1-9-21-17-30-28(16-8)36-27(15-7)26(14-6)35(40-36)20-34-25(13-5)24(12-4)33(39-34)19-32-23(11-3)22(10-2)31(38-32)18-29(21)37-30;1-3-8-15(9-4-1)17-12-7-13-18(14-17)16-10-5-2-6-11-16;12-8-4-5-9(10(13)7-8)11-3-1-2-6-14-11;2*1-2-6-10(7-3-1)11-8-4-5-9-12-11;8-6(9)5-3-1-2-4-7-5;7-6-4-2-1-3-5-6;;;;;/h17-20H,9-16H2,1-8H3;1-8,10,12-13H;1-4,6-7H;2*1-6,8-9H;1-4H,(H,8,9);1-5,7H;;;;;/q-2;-3;3*-1;;;+1;;;+2;. The van der Waals surface area contributed by atoms with Gasteiger partial charge in [0.25, 0.3) is 0 Å². The number of aryl methyl sites for hydroxylation is 5. The summed E-state index contributed by atoms with van der Waals surface area (Å²) in [5.74, 6) is -1.95. The van der Waals surface area contributed by atoms with Crippen LogP contribution in [0.5, 0.6) is 5.75 Å². The molecule has 608 valence electrons. The van der Waals surface area contributed by atoms with Crippen LogP contribution < -0.4 is 9.97 Å². The Morgan fingerprint density at radius 3 is 1.19 bits per heavy atom. The van der Waals surface area contributed by atoms with Crippen molar-refractivity contribution in [3.63, 3.8) is 0 Å². The average molecular weight is 2350 g/mol. The van der Waals surface area contributed by atoms with Crippen LogP contribution in [-0.4, -0.2) is 46.1 Å². The van der Waals surface area contributed by atoms with E-state index in [1.165, 1.54) is 56.8 Å². The molecule has 16 rings (SSSR count). The normalized spacial score (nSPS) is 10.5. The van der Waals surface area contributed by atoms with Gasteiger partial charge in [0, 0.05) is 98.0 Å². The zero-order chi connectivity index (χ0) is 79.0. The van der Waals surface area contributed by atoms with E-state index in [2.05, 4.69) is 148 Å². The fourth-order valence-electron chi connectivity index (χ4n) is 12.9. The second-order valence-electron chi connectivity index (χ2n) is 25.4. The molecule has 0 aliphatic carbocycles. The van der Waals surface area contributed by atoms with E-state index in [1.54, 1.807) is 73.2 Å². The summed E-state index contributed by atoms with van der Waals surface area (Å²) in [4.78, 5) is 47.2. The Morgan fingerprint density at radius 2 is 0.812 bits per heavy atom. The summed E-state index contributed by atoms with van der Waals surface area (Å²) < 4.78 is 25.8. The summed E-state index contributed by atoms with van der Waals surface area (Å²) in [6.07, 6.45) is 16.4. The molecule has 9 heterocycles.